The Balaban J connectivity index is 2.63. The minimum atomic E-state index is -2.50. The number of benzene rings is 1. The van der Waals surface area contributed by atoms with E-state index in [1.807, 2.05) is 26.8 Å². The molecule has 0 saturated carbocycles. The highest BCUT2D eigenvalue weighted by atomic mass is 19.3. The quantitative estimate of drug-likeness (QED) is 0.506. The maximum absolute atomic E-state index is 12.2. The lowest BCUT2D eigenvalue weighted by Crippen LogP contribution is -2.39. The molecule has 5 nitrogen and oxygen atoms in total. The lowest BCUT2D eigenvalue weighted by molar-refractivity contribution is 0.158. The molecule has 1 unspecified atom stereocenters. The molecule has 0 aromatic heterocycles. The highest BCUT2D eigenvalue weighted by molar-refractivity contribution is 5.79. The topological polar surface area (TPSA) is 65.9 Å². The molecule has 0 aliphatic carbocycles. The molecule has 1 atom stereocenters. The normalized spacial score (nSPS) is 13.3. The van der Waals surface area contributed by atoms with Gasteiger partial charge in [-0.2, -0.15) is 0 Å². The number of nitrogens with one attached hydrogen (secondary N) is 2. The molecule has 0 saturated heterocycles. The van der Waals surface area contributed by atoms with Gasteiger partial charge in [-0.15, -0.1) is 0 Å². The Labute approximate surface area is 135 Å². The van der Waals surface area contributed by atoms with Gasteiger partial charge >= 0.3 is 0 Å². The van der Waals surface area contributed by atoms with Crippen molar-refractivity contribution in [3.05, 3.63) is 29.8 Å². The van der Waals surface area contributed by atoms with Gasteiger partial charge in [-0.05, 0) is 38.5 Å². The van der Waals surface area contributed by atoms with Crippen LogP contribution in [0.3, 0.4) is 0 Å². The van der Waals surface area contributed by atoms with Gasteiger partial charge in [0.25, 0.3) is 6.43 Å². The summed E-state index contributed by atoms with van der Waals surface area (Å²) in [7, 11) is 0. The molecule has 3 N–H and O–H groups in total. The van der Waals surface area contributed by atoms with Gasteiger partial charge in [-0.3, -0.25) is 0 Å². The molecule has 1 rings (SSSR count). The summed E-state index contributed by atoms with van der Waals surface area (Å²) in [6.07, 6.45) is -3.26. The third-order valence-corrected chi connectivity index (χ3v) is 2.81. The lowest BCUT2D eigenvalue weighted by atomic mass is 10.1. The molecule has 0 aliphatic rings. The number of aliphatic imine (C=N–C) groups is 1. The number of nitrogens with zero attached hydrogens (tertiary/aromatic N) is 1. The fourth-order valence-electron chi connectivity index (χ4n) is 1.88. The van der Waals surface area contributed by atoms with Crippen LogP contribution in [0.25, 0.3) is 0 Å². The third-order valence-electron chi connectivity index (χ3n) is 2.81. The summed E-state index contributed by atoms with van der Waals surface area (Å²) in [5.41, 5.74) is 0.681. The number of aliphatic hydroxyl groups excluding tert-OH is 1. The van der Waals surface area contributed by atoms with E-state index in [4.69, 9.17) is 4.74 Å². The number of aliphatic hydroxyl groups is 1. The fourth-order valence-corrected chi connectivity index (χ4v) is 1.88. The summed E-state index contributed by atoms with van der Waals surface area (Å²) in [6.45, 7) is 5.80. The van der Waals surface area contributed by atoms with Crippen LogP contribution < -0.4 is 15.4 Å². The molecule has 0 aliphatic heterocycles. The summed E-state index contributed by atoms with van der Waals surface area (Å²) in [5, 5.41) is 15.9. The molecule has 0 fully saturated rings. The van der Waals surface area contributed by atoms with E-state index in [0.717, 1.165) is 0 Å². The average molecular weight is 329 g/mol. The molecular weight excluding hydrogens is 304 g/mol. The van der Waals surface area contributed by atoms with Crippen molar-refractivity contribution in [2.24, 2.45) is 4.99 Å². The minimum Gasteiger partial charge on any atom is -0.491 e. The third kappa shape index (κ3) is 7.78. The summed E-state index contributed by atoms with van der Waals surface area (Å²) in [6, 6.07) is 7.16. The number of guanidine groups is 1. The van der Waals surface area contributed by atoms with Crippen LogP contribution in [0, 0.1) is 0 Å². The number of ether oxygens (including phenoxy) is 1. The first-order valence-corrected chi connectivity index (χ1v) is 7.67. The summed E-state index contributed by atoms with van der Waals surface area (Å²) in [5.74, 6) is 0.927. The number of alkyl halides is 2. The number of halogens is 2. The molecule has 0 radical (unpaired) electrons. The molecule has 23 heavy (non-hydrogen) atoms. The summed E-state index contributed by atoms with van der Waals surface area (Å²) in [4.78, 5) is 3.74. The number of rotatable bonds is 8. The Bertz CT molecular complexity index is 496. The Morgan fingerprint density at radius 2 is 2.04 bits per heavy atom. The van der Waals surface area contributed by atoms with Gasteiger partial charge < -0.3 is 20.5 Å². The zero-order valence-corrected chi connectivity index (χ0v) is 13.7. The van der Waals surface area contributed by atoms with E-state index < -0.39 is 19.1 Å². The van der Waals surface area contributed by atoms with Crippen molar-refractivity contribution < 1.29 is 18.6 Å². The molecule has 0 amide bonds. The largest absolute Gasteiger partial charge is 0.491 e. The Morgan fingerprint density at radius 3 is 2.65 bits per heavy atom. The molecule has 0 spiro atoms. The van der Waals surface area contributed by atoms with E-state index in [1.54, 1.807) is 18.2 Å². The zero-order chi connectivity index (χ0) is 17.2. The van der Waals surface area contributed by atoms with Crippen LogP contribution in [0.2, 0.25) is 0 Å². The van der Waals surface area contributed by atoms with Crippen LogP contribution >= 0.6 is 0 Å². The molecule has 0 bridgehead atoms. The van der Waals surface area contributed by atoms with Crippen molar-refractivity contribution >= 4 is 5.96 Å². The molecule has 130 valence electrons. The Morgan fingerprint density at radius 1 is 1.30 bits per heavy atom. The van der Waals surface area contributed by atoms with Crippen LogP contribution in [0.4, 0.5) is 8.78 Å². The van der Waals surface area contributed by atoms with E-state index in [2.05, 4.69) is 15.6 Å². The summed E-state index contributed by atoms with van der Waals surface area (Å²) >= 11 is 0. The number of hydrogen-bond donors (Lipinski definition) is 3. The first kappa shape index (κ1) is 19.2. The highest BCUT2D eigenvalue weighted by Crippen LogP contribution is 2.19. The van der Waals surface area contributed by atoms with Gasteiger partial charge in [0.2, 0.25) is 0 Å². The van der Waals surface area contributed by atoms with Gasteiger partial charge in [0.05, 0.1) is 12.2 Å². The second kappa shape index (κ2) is 9.99. The number of hydrogen-bond acceptors (Lipinski definition) is 3. The smallest absolute Gasteiger partial charge is 0.257 e. The lowest BCUT2D eigenvalue weighted by Gasteiger charge is -2.17. The van der Waals surface area contributed by atoms with Crippen LogP contribution in [0.15, 0.2) is 29.3 Å². The molecule has 7 heteroatoms. The van der Waals surface area contributed by atoms with E-state index in [9.17, 15) is 13.9 Å². The highest BCUT2D eigenvalue weighted by Gasteiger charge is 2.10. The predicted octanol–water partition coefficient (Wildman–Crippen LogP) is 2.33. The van der Waals surface area contributed by atoms with Gasteiger partial charge in [0.15, 0.2) is 5.96 Å². The second-order valence-corrected chi connectivity index (χ2v) is 5.25. The Kier molecular flexibility index (Phi) is 8.32. The van der Waals surface area contributed by atoms with Gasteiger partial charge in [-0.1, -0.05) is 12.1 Å². The van der Waals surface area contributed by atoms with Crippen molar-refractivity contribution in [3.63, 3.8) is 0 Å². The first-order chi connectivity index (χ1) is 10.9. The van der Waals surface area contributed by atoms with Crippen molar-refractivity contribution in [1.29, 1.82) is 0 Å². The van der Waals surface area contributed by atoms with Crippen LogP contribution in [0.5, 0.6) is 5.75 Å². The van der Waals surface area contributed by atoms with Gasteiger partial charge in [0, 0.05) is 13.1 Å². The maximum Gasteiger partial charge on any atom is 0.257 e. The van der Waals surface area contributed by atoms with Crippen LogP contribution in [0.1, 0.15) is 32.4 Å². The molecular formula is C16H25F2N3O2. The van der Waals surface area contributed by atoms with E-state index >= 15 is 0 Å². The van der Waals surface area contributed by atoms with Crippen molar-refractivity contribution in [3.8, 4) is 5.75 Å². The molecule has 1 aromatic rings. The van der Waals surface area contributed by atoms with E-state index in [1.165, 1.54) is 0 Å². The molecule has 1 aromatic carbocycles. The van der Waals surface area contributed by atoms with Gasteiger partial charge in [0.1, 0.15) is 12.3 Å². The average Bonchev–Trinajstić information content (AvgIpc) is 2.49. The summed E-state index contributed by atoms with van der Waals surface area (Å²) < 4.78 is 30.0. The minimum absolute atomic E-state index is 0.0438. The fraction of sp³-hybridized carbons (Fsp3) is 0.562. The monoisotopic (exact) mass is 329 g/mol. The van der Waals surface area contributed by atoms with E-state index in [0.29, 0.717) is 17.9 Å². The van der Waals surface area contributed by atoms with Gasteiger partial charge in [-0.25, -0.2) is 13.8 Å². The van der Waals surface area contributed by atoms with Crippen LogP contribution in [-0.4, -0.2) is 43.2 Å². The standard InChI is InChI=1S/C16H25F2N3O2/c1-4-19-16(21-10-15(17)18)20-9-14(22)12-6-5-7-13(8-12)23-11(2)3/h5-8,11,14-15,22H,4,9-10H2,1-3H3,(H2,19,20,21). The molecule has 0 heterocycles. The van der Waals surface area contributed by atoms with E-state index in [-0.39, 0.29) is 18.6 Å². The second-order valence-electron chi connectivity index (χ2n) is 5.25. The SMILES string of the molecule is CCNC(=NCC(F)F)NCC(O)c1cccc(OC(C)C)c1. The van der Waals surface area contributed by atoms with Crippen molar-refractivity contribution in [1.82, 2.24) is 10.6 Å². The van der Waals surface area contributed by atoms with Crippen LogP contribution in [-0.2, 0) is 0 Å². The van der Waals surface area contributed by atoms with Crippen molar-refractivity contribution in [2.45, 2.75) is 39.4 Å². The predicted molar refractivity (Wildman–Crippen MR) is 87.2 cm³/mol. The maximum atomic E-state index is 12.2. The van der Waals surface area contributed by atoms with Crippen molar-refractivity contribution in [2.75, 3.05) is 19.6 Å². The Hall–Kier alpha value is -1.89. The first-order valence-electron chi connectivity index (χ1n) is 7.67. The zero-order valence-electron chi connectivity index (χ0n) is 13.7.